The van der Waals surface area contributed by atoms with Gasteiger partial charge in [-0.3, -0.25) is 9.59 Å². The molecule has 0 amide bonds. The molecule has 37 heavy (non-hydrogen) atoms. The van der Waals surface area contributed by atoms with Gasteiger partial charge < -0.3 is 14.2 Å². The molecular weight excluding hydrogens is 464 g/mol. The molecule has 0 spiro atoms. The van der Waals surface area contributed by atoms with Gasteiger partial charge in [0.15, 0.2) is 0 Å². The number of unbranched alkanes of at least 4 members (excludes halogenated alkanes) is 18. The summed E-state index contributed by atoms with van der Waals surface area (Å²) in [7, 11) is 1.69. The molecule has 1 unspecified atom stereocenters. The van der Waals surface area contributed by atoms with Gasteiger partial charge in [-0.05, 0) is 31.6 Å². The second-order valence-electron chi connectivity index (χ2n) is 11.0. The summed E-state index contributed by atoms with van der Waals surface area (Å²) in [6.45, 7) is 6.12. The van der Waals surface area contributed by atoms with E-state index in [2.05, 4.69) is 13.8 Å². The molecule has 0 aliphatic carbocycles. The minimum Gasteiger partial charge on any atom is -0.466 e. The van der Waals surface area contributed by atoms with Crippen molar-refractivity contribution in [2.24, 2.45) is 5.92 Å². The molecule has 0 rings (SSSR count). The first-order chi connectivity index (χ1) is 18.1. The summed E-state index contributed by atoms with van der Waals surface area (Å²) >= 11 is 0. The second-order valence-corrected chi connectivity index (χ2v) is 11.0. The van der Waals surface area contributed by atoms with Crippen LogP contribution in [0.1, 0.15) is 162 Å². The molecule has 0 saturated carbocycles. The Morgan fingerprint density at radius 2 is 0.946 bits per heavy atom. The highest BCUT2D eigenvalue weighted by molar-refractivity contribution is 5.69. The van der Waals surface area contributed by atoms with Gasteiger partial charge in [0.1, 0.15) is 0 Å². The first kappa shape index (κ1) is 35.9. The quantitative estimate of drug-likeness (QED) is 0.0717. The van der Waals surface area contributed by atoms with Crippen molar-refractivity contribution in [1.82, 2.24) is 0 Å². The zero-order valence-electron chi connectivity index (χ0n) is 25.0. The Bertz CT molecular complexity index is 494. The van der Waals surface area contributed by atoms with Gasteiger partial charge in [-0.25, -0.2) is 0 Å². The molecule has 0 N–H and O–H groups in total. The normalized spacial score (nSPS) is 12.0. The van der Waals surface area contributed by atoms with Crippen molar-refractivity contribution in [1.29, 1.82) is 0 Å². The lowest BCUT2D eigenvalue weighted by molar-refractivity contribution is -0.145. The van der Waals surface area contributed by atoms with E-state index in [-0.39, 0.29) is 11.9 Å². The van der Waals surface area contributed by atoms with Crippen molar-refractivity contribution in [3.05, 3.63) is 0 Å². The molecule has 0 saturated heterocycles. The first-order valence-electron chi connectivity index (χ1n) is 15.9. The van der Waals surface area contributed by atoms with Crippen molar-refractivity contribution in [2.75, 3.05) is 26.9 Å². The molecule has 0 aromatic rings. The topological polar surface area (TPSA) is 61.8 Å². The third-order valence-corrected chi connectivity index (χ3v) is 7.12. The van der Waals surface area contributed by atoms with E-state index < -0.39 is 0 Å². The molecule has 0 aliphatic rings. The maximum Gasteiger partial charge on any atom is 0.305 e. The fourth-order valence-corrected chi connectivity index (χ4v) is 4.51. The zero-order chi connectivity index (χ0) is 27.2. The minimum atomic E-state index is -0.0918. The summed E-state index contributed by atoms with van der Waals surface area (Å²) in [6, 6.07) is 0. The van der Waals surface area contributed by atoms with Crippen LogP contribution in [0, 0.1) is 5.92 Å². The van der Waals surface area contributed by atoms with E-state index >= 15 is 0 Å². The van der Waals surface area contributed by atoms with Crippen LogP contribution in [0.25, 0.3) is 0 Å². The second kappa shape index (κ2) is 29.5. The fraction of sp³-hybridized carbons (Fsp3) is 0.938. The standard InChI is InChI=1S/C32H62O5/c1-4-5-6-7-8-9-10-11-12-13-14-17-20-23-27-36-31(33)24-21-18-15-16-19-22-25-32(34)37-29-30(2)26-28-35-3/h30H,4-29H2,1-3H3. The largest absolute Gasteiger partial charge is 0.466 e. The average molecular weight is 527 g/mol. The highest BCUT2D eigenvalue weighted by atomic mass is 16.5. The molecule has 5 heteroatoms. The van der Waals surface area contributed by atoms with E-state index in [9.17, 15) is 9.59 Å². The van der Waals surface area contributed by atoms with Gasteiger partial charge in [-0.1, -0.05) is 123 Å². The number of esters is 2. The fourth-order valence-electron chi connectivity index (χ4n) is 4.51. The molecule has 0 heterocycles. The van der Waals surface area contributed by atoms with E-state index in [1.165, 1.54) is 83.5 Å². The Hall–Kier alpha value is -1.10. The Labute approximate surface area is 230 Å². The maximum atomic E-state index is 11.9. The first-order valence-corrected chi connectivity index (χ1v) is 15.9. The van der Waals surface area contributed by atoms with E-state index in [4.69, 9.17) is 14.2 Å². The molecule has 220 valence electrons. The molecule has 0 bridgehead atoms. The lowest BCUT2D eigenvalue weighted by Crippen LogP contribution is -2.13. The third kappa shape index (κ3) is 29.3. The minimum absolute atomic E-state index is 0.0443. The third-order valence-electron chi connectivity index (χ3n) is 7.12. The van der Waals surface area contributed by atoms with Gasteiger partial charge in [-0.2, -0.15) is 0 Å². The predicted molar refractivity (Wildman–Crippen MR) is 155 cm³/mol. The van der Waals surface area contributed by atoms with Gasteiger partial charge in [0.25, 0.3) is 0 Å². The number of methoxy groups -OCH3 is 1. The summed E-state index contributed by atoms with van der Waals surface area (Å²) in [5, 5.41) is 0. The SMILES string of the molecule is CCCCCCCCCCCCCCCCOC(=O)CCCCCCCCC(=O)OCC(C)CCOC. The van der Waals surface area contributed by atoms with Crippen LogP contribution in [0.3, 0.4) is 0 Å². The number of rotatable bonds is 29. The van der Waals surface area contributed by atoms with Crippen molar-refractivity contribution in [3.63, 3.8) is 0 Å². The molecule has 0 aromatic carbocycles. The summed E-state index contributed by atoms with van der Waals surface area (Å²) in [4.78, 5) is 23.7. The van der Waals surface area contributed by atoms with E-state index in [1.54, 1.807) is 7.11 Å². The van der Waals surface area contributed by atoms with Crippen LogP contribution >= 0.6 is 0 Å². The van der Waals surface area contributed by atoms with Crippen LogP contribution < -0.4 is 0 Å². The summed E-state index contributed by atoms with van der Waals surface area (Å²) in [5.74, 6) is 0.206. The van der Waals surface area contributed by atoms with Crippen molar-refractivity contribution < 1.29 is 23.8 Å². The maximum absolute atomic E-state index is 11.9. The van der Waals surface area contributed by atoms with Gasteiger partial charge in [0.05, 0.1) is 13.2 Å². The predicted octanol–water partition coefficient (Wildman–Crippen LogP) is 9.35. The molecule has 5 nitrogen and oxygen atoms in total. The van der Waals surface area contributed by atoms with Gasteiger partial charge in [0.2, 0.25) is 0 Å². The number of ether oxygens (including phenoxy) is 3. The number of carbonyl (C=O) groups is 2. The molecule has 0 aromatic heterocycles. The van der Waals surface area contributed by atoms with Crippen LogP contribution in [0.2, 0.25) is 0 Å². The highest BCUT2D eigenvalue weighted by Gasteiger charge is 2.07. The van der Waals surface area contributed by atoms with E-state index in [0.29, 0.717) is 38.6 Å². The van der Waals surface area contributed by atoms with Gasteiger partial charge >= 0.3 is 11.9 Å². The highest BCUT2D eigenvalue weighted by Crippen LogP contribution is 2.14. The average Bonchev–Trinajstić information content (AvgIpc) is 2.89. The number of carbonyl (C=O) groups excluding carboxylic acids is 2. The molecule has 0 aliphatic heterocycles. The smallest absolute Gasteiger partial charge is 0.305 e. The van der Waals surface area contributed by atoms with Gasteiger partial charge in [-0.15, -0.1) is 0 Å². The van der Waals surface area contributed by atoms with Crippen LogP contribution in [0.15, 0.2) is 0 Å². The van der Waals surface area contributed by atoms with E-state index in [0.717, 1.165) is 51.4 Å². The van der Waals surface area contributed by atoms with Crippen LogP contribution in [-0.2, 0) is 23.8 Å². The monoisotopic (exact) mass is 526 g/mol. The van der Waals surface area contributed by atoms with Crippen LogP contribution in [0.4, 0.5) is 0 Å². The van der Waals surface area contributed by atoms with Crippen LogP contribution in [-0.4, -0.2) is 38.9 Å². The number of hydrogen-bond donors (Lipinski definition) is 0. The Balaban J connectivity index is 3.28. The summed E-state index contributed by atoms with van der Waals surface area (Å²) in [5.41, 5.74) is 0. The lowest BCUT2D eigenvalue weighted by atomic mass is 10.0. The molecule has 1 atom stereocenters. The summed E-state index contributed by atoms with van der Waals surface area (Å²) < 4.78 is 15.7. The molecule has 0 fully saturated rings. The van der Waals surface area contributed by atoms with Gasteiger partial charge in [0, 0.05) is 26.6 Å². The molecule has 0 radical (unpaired) electrons. The summed E-state index contributed by atoms with van der Waals surface area (Å²) in [6.07, 6.45) is 26.8. The zero-order valence-corrected chi connectivity index (χ0v) is 25.0. The lowest BCUT2D eigenvalue weighted by Gasteiger charge is -2.11. The Kier molecular flexibility index (Phi) is 28.6. The van der Waals surface area contributed by atoms with Crippen molar-refractivity contribution in [3.8, 4) is 0 Å². The van der Waals surface area contributed by atoms with Crippen molar-refractivity contribution >= 4 is 11.9 Å². The van der Waals surface area contributed by atoms with E-state index in [1.807, 2.05) is 0 Å². The van der Waals surface area contributed by atoms with Crippen molar-refractivity contribution in [2.45, 2.75) is 162 Å². The van der Waals surface area contributed by atoms with Crippen LogP contribution in [0.5, 0.6) is 0 Å². The Morgan fingerprint density at radius 1 is 0.541 bits per heavy atom. The Morgan fingerprint density at radius 3 is 1.41 bits per heavy atom. The molecular formula is C32H62O5. The number of hydrogen-bond acceptors (Lipinski definition) is 5.